The third-order valence-corrected chi connectivity index (χ3v) is 2.96. The van der Waals surface area contributed by atoms with Crippen molar-refractivity contribution >= 4 is 5.82 Å². The van der Waals surface area contributed by atoms with Crippen molar-refractivity contribution in [1.29, 1.82) is 0 Å². The van der Waals surface area contributed by atoms with Crippen molar-refractivity contribution in [3.8, 4) is 0 Å². The van der Waals surface area contributed by atoms with Crippen molar-refractivity contribution in [1.82, 2.24) is 10.3 Å². The van der Waals surface area contributed by atoms with Gasteiger partial charge in [-0.25, -0.2) is 4.98 Å². The Morgan fingerprint density at radius 1 is 1.33 bits per heavy atom. The second kappa shape index (κ2) is 8.09. The maximum absolute atomic E-state index is 4.69. The van der Waals surface area contributed by atoms with E-state index in [1.807, 2.05) is 0 Å². The van der Waals surface area contributed by atoms with E-state index in [4.69, 9.17) is 0 Å². The monoisotopic (exact) mass is 249 g/mol. The van der Waals surface area contributed by atoms with Gasteiger partial charge in [0.2, 0.25) is 0 Å². The summed E-state index contributed by atoms with van der Waals surface area (Å²) in [5.41, 5.74) is 1.12. The molecule has 1 N–H and O–H groups in total. The first-order valence-corrected chi connectivity index (χ1v) is 7.01. The third-order valence-electron chi connectivity index (χ3n) is 2.96. The maximum Gasteiger partial charge on any atom is 0.128 e. The zero-order valence-electron chi connectivity index (χ0n) is 12.2. The largest absolute Gasteiger partial charge is 0.360 e. The summed E-state index contributed by atoms with van der Waals surface area (Å²) in [6.45, 7) is 9.67. The summed E-state index contributed by atoms with van der Waals surface area (Å²) >= 11 is 0. The molecule has 18 heavy (non-hydrogen) atoms. The molecule has 0 fully saturated rings. The fraction of sp³-hybridized carbons (Fsp3) is 0.667. The molecule has 0 radical (unpaired) electrons. The maximum atomic E-state index is 4.69. The summed E-state index contributed by atoms with van der Waals surface area (Å²) < 4.78 is 0. The lowest BCUT2D eigenvalue weighted by molar-refractivity contribution is 0.583. The van der Waals surface area contributed by atoms with E-state index in [0.29, 0.717) is 0 Å². The molecule has 0 aliphatic heterocycles. The van der Waals surface area contributed by atoms with Gasteiger partial charge in [0.05, 0.1) is 5.69 Å². The molecule has 0 aliphatic rings. The number of hydrogen-bond acceptors (Lipinski definition) is 3. The number of pyridine rings is 1. The number of hydrogen-bond donors (Lipinski definition) is 1. The molecular weight excluding hydrogens is 222 g/mol. The Hall–Kier alpha value is -1.09. The number of anilines is 1. The first kappa shape index (κ1) is 15.0. The number of nitrogens with zero attached hydrogens (tertiary/aromatic N) is 2. The molecule has 3 nitrogen and oxygen atoms in total. The van der Waals surface area contributed by atoms with Gasteiger partial charge in [-0.15, -0.1) is 0 Å². The van der Waals surface area contributed by atoms with E-state index < -0.39 is 0 Å². The van der Waals surface area contributed by atoms with Crippen LogP contribution in [-0.4, -0.2) is 25.1 Å². The van der Waals surface area contributed by atoms with Gasteiger partial charge in [-0.2, -0.15) is 0 Å². The van der Waals surface area contributed by atoms with E-state index in [0.717, 1.165) is 43.5 Å². The minimum Gasteiger partial charge on any atom is -0.360 e. The standard InChI is InChI=1S/C15H27N3/c1-5-10-16-12-14-7-6-8-15(17-14)18(4)11-9-13(2)3/h6-8,13,16H,5,9-12H2,1-4H3. The Kier molecular flexibility index (Phi) is 6.73. The molecule has 0 spiro atoms. The van der Waals surface area contributed by atoms with E-state index in [2.05, 4.69) is 61.2 Å². The van der Waals surface area contributed by atoms with Gasteiger partial charge in [0.1, 0.15) is 5.82 Å². The Labute approximate surface area is 112 Å². The second-order valence-corrected chi connectivity index (χ2v) is 5.27. The number of nitrogens with one attached hydrogen (secondary N) is 1. The van der Waals surface area contributed by atoms with Crippen molar-refractivity contribution in [3.05, 3.63) is 23.9 Å². The minimum atomic E-state index is 0.738. The first-order chi connectivity index (χ1) is 8.63. The Bertz CT molecular complexity index is 336. The predicted octanol–water partition coefficient (Wildman–Crippen LogP) is 3.06. The van der Waals surface area contributed by atoms with Gasteiger partial charge in [-0.05, 0) is 37.4 Å². The van der Waals surface area contributed by atoms with Crippen LogP contribution in [0.4, 0.5) is 5.82 Å². The van der Waals surface area contributed by atoms with Gasteiger partial charge in [0.25, 0.3) is 0 Å². The van der Waals surface area contributed by atoms with E-state index in [1.165, 1.54) is 6.42 Å². The Balaban J connectivity index is 2.52. The molecule has 0 bridgehead atoms. The number of aromatic nitrogens is 1. The smallest absolute Gasteiger partial charge is 0.128 e. The van der Waals surface area contributed by atoms with Crippen LogP contribution < -0.4 is 10.2 Å². The van der Waals surface area contributed by atoms with Crippen LogP contribution in [0.25, 0.3) is 0 Å². The normalized spacial score (nSPS) is 10.9. The van der Waals surface area contributed by atoms with Crippen molar-refractivity contribution in [2.24, 2.45) is 5.92 Å². The van der Waals surface area contributed by atoms with E-state index in [-0.39, 0.29) is 0 Å². The summed E-state index contributed by atoms with van der Waals surface area (Å²) in [6.07, 6.45) is 2.37. The number of rotatable bonds is 8. The van der Waals surface area contributed by atoms with Gasteiger partial charge in [-0.1, -0.05) is 26.8 Å². The summed E-state index contributed by atoms with van der Waals surface area (Å²) in [4.78, 5) is 6.93. The van der Waals surface area contributed by atoms with Crippen LogP contribution in [0.1, 0.15) is 39.3 Å². The fourth-order valence-corrected chi connectivity index (χ4v) is 1.74. The molecule has 1 rings (SSSR count). The Morgan fingerprint density at radius 2 is 2.11 bits per heavy atom. The van der Waals surface area contributed by atoms with Crippen LogP contribution in [0.2, 0.25) is 0 Å². The molecular formula is C15H27N3. The highest BCUT2D eigenvalue weighted by atomic mass is 15.2. The van der Waals surface area contributed by atoms with E-state index >= 15 is 0 Å². The average Bonchev–Trinajstić information content (AvgIpc) is 2.36. The third kappa shape index (κ3) is 5.50. The highest BCUT2D eigenvalue weighted by Gasteiger charge is 2.04. The van der Waals surface area contributed by atoms with Crippen LogP contribution in [0.5, 0.6) is 0 Å². The Morgan fingerprint density at radius 3 is 2.78 bits per heavy atom. The molecule has 0 aliphatic carbocycles. The molecule has 0 amide bonds. The second-order valence-electron chi connectivity index (χ2n) is 5.27. The first-order valence-electron chi connectivity index (χ1n) is 7.01. The molecule has 1 heterocycles. The van der Waals surface area contributed by atoms with Gasteiger partial charge in [0, 0.05) is 20.1 Å². The van der Waals surface area contributed by atoms with Crippen molar-refractivity contribution in [2.75, 3.05) is 25.0 Å². The average molecular weight is 249 g/mol. The van der Waals surface area contributed by atoms with Gasteiger partial charge < -0.3 is 10.2 Å². The summed E-state index contributed by atoms with van der Waals surface area (Å²) in [5, 5.41) is 3.39. The lowest BCUT2D eigenvalue weighted by Crippen LogP contribution is -2.22. The van der Waals surface area contributed by atoms with Gasteiger partial charge in [-0.3, -0.25) is 0 Å². The molecule has 0 saturated carbocycles. The highest BCUT2D eigenvalue weighted by Crippen LogP contribution is 2.11. The van der Waals surface area contributed by atoms with Crippen LogP contribution in [0, 0.1) is 5.92 Å². The van der Waals surface area contributed by atoms with E-state index in [1.54, 1.807) is 0 Å². The lowest BCUT2D eigenvalue weighted by Gasteiger charge is -2.19. The zero-order valence-corrected chi connectivity index (χ0v) is 12.2. The van der Waals surface area contributed by atoms with Gasteiger partial charge in [0.15, 0.2) is 0 Å². The zero-order chi connectivity index (χ0) is 13.4. The van der Waals surface area contributed by atoms with Crippen LogP contribution >= 0.6 is 0 Å². The molecule has 0 saturated heterocycles. The SMILES string of the molecule is CCCNCc1cccc(N(C)CCC(C)C)n1. The van der Waals surface area contributed by atoms with E-state index in [9.17, 15) is 0 Å². The minimum absolute atomic E-state index is 0.738. The van der Waals surface area contributed by atoms with Crippen molar-refractivity contribution < 1.29 is 0 Å². The van der Waals surface area contributed by atoms with Crippen molar-refractivity contribution in [2.45, 2.75) is 40.2 Å². The molecule has 102 valence electrons. The molecule has 0 unspecified atom stereocenters. The van der Waals surface area contributed by atoms with Gasteiger partial charge >= 0.3 is 0 Å². The highest BCUT2D eigenvalue weighted by molar-refractivity contribution is 5.38. The summed E-state index contributed by atoms with van der Waals surface area (Å²) in [5.74, 6) is 1.81. The van der Waals surface area contributed by atoms with Crippen LogP contribution in [-0.2, 0) is 6.54 Å². The lowest BCUT2D eigenvalue weighted by atomic mass is 10.1. The van der Waals surface area contributed by atoms with Crippen LogP contribution in [0.15, 0.2) is 18.2 Å². The quantitative estimate of drug-likeness (QED) is 0.718. The van der Waals surface area contributed by atoms with Crippen LogP contribution in [0.3, 0.4) is 0 Å². The molecule has 3 heteroatoms. The molecule has 1 aromatic heterocycles. The molecule has 0 atom stereocenters. The summed E-state index contributed by atoms with van der Waals surface area (Å²) in [6, 6.07) is 6.27. The summed E-state index contributed by atoms with van der Waals surface area (Å²) in [7, 11) is 2.12. The molecule has 0 aromatic carbocycles. The topological polar surface area (TPSA) is 28.2 Å². The van der Waals surface area contributed by atoms with Crippen molar-refractivity contribution in [3.63, 3.8) is 0 Å². The fourth-order valence-electron chi connectivity index (χ4n) is 1.74. The molecule has 1 aromatic rings. The predicted molar refractivity (Wildman–Crippen MR) is 79.0 cm³/mol.